The van der Waals surface area contributed by atoms with Gasteiger partial charge in [0.1, 0.15) is 17.2 Å². The highest BCUT2D eigenvalue weighted by Gasteiger charge is 2.48. The number of hydrogen-bond donors (Lipinski definition) is 2. The zero-order valence-electron chi connectivity index (χ0n) is 14.7. The summed E-state index contributed by atoms with van der Waals surface area (Å²) in [7, 11) is 1.57. The molecule has 3 amide bonds. The first-order chi connectivity index (χ1) is 12.9. The Balaban J connectivity index is 1.71. The molecule has 2 unspecified atom stereocenters. The fourth-order valence-electron chi connectivity index (χ4n) is 2.78. The molecule has 0 spiro atoms. The molecule has 2 N–H and O–H groups in total. The molecule has 1 aliphatic rings. The minimum atomic E-state index is -0.749. The first kappa shape index (κ1) is 18.7. The van der Waals surface area contributed by atoms with E-state index in [1.165, 1.54) is 11.9 Å². The number of carbonyl (C=O) groups excluding carboxylic acids is 3. The molecule has 2 aromatic carbocycles. The number of carbonyl (C=O) groups is 3. The molecule has 1 saturated heterocycles. The zero-order valence-corrected chi connectivity index (χ0v) is 15.5. The van der Waals surface area contributed by atoms with Crippen LogP contribution in [-0.2, 0) is 9.59 Å². The van der Waals surface area contributed by atoms with Crippen molar-refractivity contribution in [3.63, 3.8) is 0 Å². The lowest BCUT2D eigenvalue weighted by molar-refractivity contribution is -0.149. The summed E-state index contributed by atoms with van der Waals surface area (Å²) in [6.45, 7) is 1.40. The molecule has 0 aromatic heterocycles. The van der Waals surface area contributed by atoms with Gasteiger partial charge in [0, 0.05) is 18.2 Å². The normalized spacial score (nSPS) is 18.5. The van der Waals surface area contributed by atoms with Gasteiger partial charge < -0.3 is 10.1 Å². The number of amides is 3. The lowest BCUT2D eigenvalue weighted by Gasteiger charge is -2.43. The van der Waals surface area contributed by atoms with E-state index < -0.39 is 17.3 Å². The van der Waals surface area contributed by atoms with Gasteiger partial charge in [0.15, 0.2) is 0 Å². The van der Waals surface area contributed by atoms with Gasteiger partial charge in [0.05, 0.1) is 7.11 Å². The van der Waals surface area contributed by atoms with E-state index in [2.05, 4.69) is 10.7 Å². The summed E-state index contributed by atoms with van der Waals surface area (Å²) < 4.78 is 5.12. The summed E-state index contributed by atoms with van der Waals surface area (Å²) in [6.07, 6.45) is 0. The van der Waals surface area contributed by atoms with Crippen LogP contribution in [0.2, 0.25) is 0 Å². The first-order valence-electron chi connectivity index (χ1n) is 8.20. The van der Waals surface area contributed by atoms with Crippen LogP contribution in [0, 0.1) is 0 Å². The molecule has 27 heavy (non-hydrogen) atoms. The van der Waals surface area contributed by atoms with Gasteiger partial charge >= 0.3 is 0 Å². The van der Waals surface area contributed by atoms with Gasteiger partial charge in [-0.2, -0.15) is 0 Å². The van der Waals surface area contributed by atoms with E-state index in [9.17, 15) is 14.4 Å². The number of rotatable bonds is 5. The third kappa shape index (κ3) is 3.88. The summed E-state index contributed by atoms with van der Waals surface area (Å²) in [6, 6.07) is 13.0. The Morgan fingerprint density at radius 2 is 1.70 bits per heavy atom. The highest BCUT2D eigenvalue weighted by Crippen LogP contribution is 2.37. The minimum Gasteiger partial charge on any atom is -0.497 e. The number of alkyl halides is 1. The zero-order chi connectivity index (χ0) is 19.6. The van der Waals surface area contributed by atoms with Crippen LogP contribution in [0.1, 0.15) is 28.9 Å². The lowest BCUT2D eigenvalue weighted by Crippen LogP contribution is -2.63. The molecular formula is C19H18ClN3O4. The van der Waals surface area contributed by atoms with Gasteiger partial charge in [0.25, 0.3) is 11.8 Å². The fourth-order valence-corrected chi connectivity index (χ4v) is 3.14. The van der Waals surface area contributed by atoms with Gasteiger partial charge in [-0.15, -0.1) is 11.6 Å². The van der Waals surface area contributed by atoms with Crippen molar-refractivity contribution in [1.82, 2.24) is 10.4 Å². The molecule has 140 valence electrons. The maximum atomic E-state index is 12.5. The second kappa shape index (κ2) is 7.67. The minimum absolute atomic E-state index is 0.200. The Hall–Kier alpha value is -3.06. The number of anilines is 1. The monoisotopic (exact) mass is 387 g/mol. The number of hydrazine groups is 1. The average Bonchev–Trinajstić information content (AvgIpc) is 2.67. The topological polar surface area (TPSA) is 87.7 Å². The Morgan fingerprint density at radius 1 is 1.07 bits per heavy atom. The quantitative estimate of drug-likeness (QED) is 0.609. The molecule has 1 heterocycles. The summed E-state index contributed by atoms with van der Waals surface area (Å²) in [4.78, 5) is 35.6. The highest BCUT2D eigenvalue weighted by atomic mass is 35.5. The van der Waals surface area contributed by atoms with Crippen LogP contribution in [0.25, 0.3) is 0 Å². The Morgan fingerprint density at radius 3 is 2.26 bits per heavy atom. The standard InChI is InChI=1S/C19H18ClN3O4/c1-11(24)21-14-7-3-13(4-8-14)18(25)22-23-17(16(20)19(23)26)12-5-9-15(27-2)10-6-12/h3-10,16-17H,1-2H3,(H,21,24)(H,22,25). The fraction of sp³-hybridized carbons (Fsp3) is 0.211. The maximum absolute atomic E-state index is 12.5. The number of methoxy groups -OCH3 is 1. The van der Waals surface area contributed by atoms with E-state index in [4.69, 9.17) is 16.3 Å². The van der Waals surface area contributed by atoms with Crippen LogP contribution in [0.3, 0.4) is 0 Å². The average molecular weight is 388 g/mol. The summed E-state index contributed by atoms with van der Waals surface area (Å²) in [5, 5.41) is 3.10. The number of ether oxygens (including phenoxy) is 1. The highest BCUT2D eigenvalue weighted by molar-refractivity contribution is 6.33. The molecule has 0 saturated carbocycles. The van der Waals surface area contributed by atoms with Crippen molar-refractivity contribution in [2.45, 2.75) is 18.3 Å². The molecule has 3 rings (SSSR count). The van der Waals surface area contributed by atoms with Gasteiger partial charge in [-0.05, 0) is 42.0 Å². The smallest absolute Gasteiger partial charge is 0.269 e. The number of halogens is 1. The summed E-state index contributed by atoms with van der Waals surface area (Å²) in [5.41, 5.74) is 4.31. The van der Waals surface area contributed by atoms with Crippen molar-refractivity contribution in [2.75, 3.05) is 12.4 Å². The van der Waals surface area contributed by atoms with Crippen LogP contribution in [0.15, 0.2) is 48.5 Å². The van der Waals surface area contributed by atoms with Gasteiger partial charge in [0.2, 0.25) is 5.91 Å². The van der Waals surface area contributed by atoms with Crippen molar-refractivity contribution < 1.29 is 19.1 Å². The molecule has 0 aliphatic carbocycles. The number of benzene rings is 2. The van der Waals surface area contributed by atoms with Crippen molar-refractivity contribution in [2.24, 2.45) is 0 Å². The molecule has 2 aromatic rings. The van der Waals surface area contributed by atoms with E-state index in [1.807, 2.05) is 0 Å². The third-order valence-corrected chi connectivity index (χ3v) is 4.60. The Labute approximate surface area is 161 Å². The van der Waals surface area contributed by atoms with Crippen LogP contribution >= 0.6 is 11.6 Å². The van der Waals surface area contributed by atoms with Crippen LogP contribution < -0.4 is 15.5 Å². The van der Waals surface area contributed by atoms with E-state index >= 15 is 0 Å². The number of nitrogens with zero attached hydrogens (tertiary/aromatic N) is 1. The van der Waals surface area contributed by atoms with E-state index in [0.717, 1.165) is 5.56 Å². The Kier molecular flexibility index (Phi) is 5.32. The third-order valence-electron chi connectivity index (χ3n) is 4.18. The van der Waals surface area contributed by atoms with Gasteiger partial charge in [-0.1, -0.05) is 12.1 Å². The summed E-state index contributed by atoms with van der Waals surface area (Å²) >= 11 is 6.15. The summed E-state index contributed by atoms with van der Waals surface area (Å²) in [5.74, 6) is -0.334. The number of hydrogen-bond acceptors (Lipinski definition) is 4. The molecule has 7 nitrogen and oxygen atoms in total. The molecular weight excluding hydrogens is 370 g/mol. The number of nitrogens with one attached hydrogen (secondary N) is 2. The van der Waals surface area contributed by atoms with Crippen LogP contribution in [0.5, 0.6) is 5.75 Å². The van der Waals surface area contributed by atoms with Crippen LogP contribution in [-0.4, -0.2) is 35.2 Å². The predicted octanol–water partition coefficient (Wildman–Crippen LogP) is 2.49. The van der Waals surface area contributed by atoms with Crippen molar-refractivity contribution >= 4 is 35.0 Å². The molecule has 1 aliphatic heterocycles. The second-order valence-electron chi connectivity index (χ2n) is 6.03. The van der Waals surface area contributed by atoms with Crippen LogP contribution in [0.4, 0.5) is 5.69 Å². The molecule has 1 fully saturated rings. The molecule has 0 radical (unpaired) electrons. The number of β-lactam (4-membered cyclic amide) rings is 1. The van der Waals surface area contributed by atoms with E-state index in [0.29, 0.717) is 17.0 Å². The van der Waals surface area contributed by atoms with Gasteiger partial charge in [-0.3, -0.25) is 19.8 Å². The molecule has 2 atom stereocenters. The Bertz CT molecular complexity index is 868. The predicted molar refractivity (Wildman–Crippen MR) is 100 cm³/mol. The van der Waals surface area contributed by atoms with E-state index in [1.54, 1.807) is 55.6 Å². The molecule has 0 bridgehead atoms. The first-order valence-corrected chi connectivity index (χ1v) is 8.64. The second-order valence-corrected chi connectivity index (χ2v) is 6.50. The largest absolute Gasteiger partial charge is 0.497 e. The van der Waals surface area contributed by atoms with Crippen molar-refractivity contribution in [1.29, 1.82) is 0 Å². The van der Waals surface area contributed by atoms with Crippen molar-refractivity contribution in [3.05, 3.63) is 59.7 Å². The SMILES string of the molecule is COc1ccc(C2C(Cl)C(=O)N2NC(=O)c2ccc(NC(C)=O)cc2)cc1. The van der Waals surface area contributed by atoms with Gasteiger partial charge in [-0.25, -0.2) is 5.01 Å². The molecule has 8 heteroatoms. The lowest BCUT2D eigenvalue weighted by atomic mass is 9.95. The maximum Gasteiger partial charge on any atom is 0.269 e. The van der Waals surface area contributed by atoms with Crippen molar-refractivity contribution in [3.8, 4) is 5.75 Å². The van der Waals surface area contributed by atoms with E-state index in [-0.39, 0.29) is 11.8 Å².